The Balaban J connectivity index is 1.63. The van der Waals surface area contributed by atoms with Gasteiger partial charge in [-0.05, 0) is 42.5 Å². The van der Waals surface area contributed by atoms with Gasteiger partial charge in [0, 0.05) is 17.8 Å². The number of ether oxygens (including phenoxy) is 1. The lowest BCUT2D eigenvalue weighted by molar-refractivity contribution is -0.115. The summed E-state index contributed by atoms with van der Waals surface area (Å²) in [5, 5.41) is 9.50. The standard InChI is InChI=1S/C24H25N5O3S/c1-3-6-17-14-23(31)27-24(25-17)29-21(15-19(28-29)20-7-5-12-33-20)26-22(30)13-16-8-10-18(11-9-16)32-4-2/h5,7-12,14-15H,3-4,6,13H2,1-2H3,(H,26,30)(H,25,27,31). The van der Waals surface area contributed by atoms with Crippen LogP contribution in [0.5, 0.6) is 5.75 Å². The van der Waals surface area contributed by atoms with Gasteiger partial charge in [-0.25, -0.2) is 4.98 Å². The van der Waals surface area contributed by atoms with E-state index in [0.717, 1.165) is 22.6 Å². The van der Waals surface area contributed by atoms with E-state index in [9.17, 15) is 9.59 Å². The quantitative estimate of drug-likeness (QED) is 0.387. The first-order valence-corrected chi connectivity index (χ1v) is 11.7. The number of nitrogens with one attached hydrogen (secondary N) is 2. The van der Waals surface area contributed by atoms with Gasteiger partial charge >= 0.3 is 0 Å². The summed E-state index contributed by atoms with van der Waals surface area (Å²) < 4.78 is 6.93. The summed E-state index contributed by atoms with van der Waals surface area (Å²) in [5.41, 5.74) is 1.96. The highest BCUT2D eigenvalue weighted by Crippen LogP contribution is 2.27. The number of thiophene rings is 1. The third-order valence-corrected chi connectivity index (χ3v) is 5.73. The molecule has 0 saturated carbocycles. The van der Waals surface area contributed by atoms with E-state index >= 15 is 0 Å². The zero-order valence-electron chi connectivity index (χ0n) is 18.5. The maximum Gasteiger partial charge on any atom is 0.252 e. The molecule has 1 amide bonds. The second-order valence-electron chi connectivity index (χ2n) is 7.42. The minimum Gasteiger partial charge on any atom is -0.494 e. The topological polar surface area (TPSA) is 102 Å². The van der Waals surface area contributed by atoms with E-state index in [1.54, 1.807) is 17.4 Å². The van der Waals surface area contributed by atoms with Crippen molar-refractivity contribution < 1.29 is 9.53 Å². The molecule has 0 bridgehead atoms. The molecule has 0 atom stereocenters. The molecule has 0 aliphatic rings. The van der Waals surface area contributed by atoms with Crippen molar-refractivity contribution in [3.05, 3.63) is 75.5 Å². The number of benzene rings is 1. The van der Waals surface area contributed by atoms with Crippen LogP contribution in [0.3, 0.4) is 0 Å². The normalized spacial score (nSPS) is 10.8. The fraction of sp³-hybridized carbons (Fsp3) is 0.250. The van der Waals surface area contributed by atoms with Crippen LogP contribution in [0.15, 0.2) is 58.7 Å². The van der Waals surface area contributed by atoms with Gasteiger partial charge in [0.1, 0.15) is 17.3 Å². The van der Waals surface area contributed by atoms with Gasteiger partial charge in [-0.15, -0.1) is 11.3 Å². The molecular formula is C24H25N5O3S. The fourth-order valence-corrected chi connectivity index (χ4v) is 4.08. The Kier molecular flexibility index (Phi) is 6.99. The van der Waals surface area contributed by atoms with Crippen LogP contribution in [-0.2, 0) is 17.6 Å². The molecule has 3 heterocycles. The van der Waals surface area contributed by atoms with Crippen molar-refractivity contribution >= 4 is 23.1 Å². The molecule has 0 spiro atoms. The van der Waals surface area contributed by atoms with Gasteiger partial charge in [0.2, 0.25) is 11.9 Å². The van der Waals surface area contributed by atoms with E-state index in [1.165, 1.54) is 10.7 Å². The van der Waals surface area contributed by atoms with Crippen molar-refractivity contribution in [2.45, 2.75) is 33.1 Å². The molecular weight excluding hydrogens is 438 g/mol. The van der Waals surface area contributed by atoms with Crippen molar-refractivity contribution in [3.8, 4) is 22.3 Å². The molecule has 170 valence electrons. The predicted molar refractivity (Wildman–Crippen MR) is 129 cm³/mol. The van der Waals surface area contributed by atoms with Crippen LogP contribution in [0.2, 0.25) is 0 Å². The zero-order valence-corrected chi connectivity index (χ0v) is 19.3. The number of hydrogen-bond donors (Lipinski definition) is 2. The predicted octanol–water partition coefficient (Wildman–Crippen LogP) is 4.22. The highest BCUT2D eigenvalue weighted by Gasteiger charge is 2.17. The lowest BCUT2D eigenvalue weighted by Gasteiger charge is -2.09. The van der Waals surface area contributed by atoms with E-state index in [2.05, 4.69) is 20.4 Å². The van der Waals surface area contributed by atoms with Gasteiger partial charge in [-0.3, -0.25) is 14.6 Å². The van der Waals surface area contributed by atoms with E-state index in [0.29, 0.717) is 30.2 Å². The molecule has 2 N–H and O–H groups in total. The molecule has 4 rings (SSSR count). The second kappa shape index (κ2) is 10.3. The van der Waals surface area contributed by atoms with Gasteiger partial charge in [0.05, 0.1) is 17.9 Å². The van der Waals surface area contributed by atoms with Crippen LogP contribution >= 0.6 is 11.3 Å². The van der Waals surface area contributed by atoms with Crippen LogP contribution in [-0.4, -0.2) is 32.3 Å². The smallest absolute Gasteiger partial charge is 0.252 e. The molecule has 33 heavy (non-hydrogen) atoms. The summed E-state index contributed by atoms with van der Waals surface area (Å²) in [6.07, 6.45) is 1.72. The van der Waals surface area contributed by atoms with Crippen molar-refractivity contribution in [1.82, 2.24) is 19.7 Å². The van der Waals surface area contributed by atoms with Crippen molar-refractivity contribution in [1.29, 1.82) is 0 Å². The Morgan fingerprint density at radius 3 is 2.70 bits per heavy atom. The molecule has 0 aliphatic heterocycles. The number of carbonyl (C=O) groups excluding carboxylic acids is 1. The number of carbonyl (C=O) groups is 1. The number of aryl methyl sites for hydroxylation is 1. The lowest BCUT2D eigenvalue weighted by Crippen LogP contribution is -2.20. The number of amides is 1. The Labute approximate surface area is 195 Å². The maximum atomic E-state index is 12.8. The van der Waals surface area contributed by atoms with Gasteiger partial charge in [0.15, 0.2) is 0 Å². The molecule has 0 unspecified atom stereocenters. The molecule has 0 aliphatic carbocycles. The highest BCUT2D eigenvalue weighted by molar-refractivity contribution is 7.13. The average molecular weight is 464 g/mol. The summed E-state index contributed by atoms with van der Waals surface area (Å²) in [6.45, 7) is 4.54. The van der Waals surface area contributed by atoms with Crippen LogP contribution < -0.4 is 15.6 Å². The third-order valence-electron chi connectivity index (χ3n) is 4.84. The average Bonchev–Trinajstić information content (AvgIpc) is 3.45. The first-order valence-electron chi connectivity index (χ1n) is 10.8. The number of aromatic amines is 1. The third kappa shape index (κ3) is 5.56. The minimum atomic E-state index is -0.261. The molecule has 8 nitrogen and oxygen atoms in total. The summed E-state index contributed by atoms with van der Waals surface area (Å²) in [5.74, 6) is 1.27. The Hall–Kier alpha value is -3.72. The maximum absolute atomic E-state index is 12.8. The van der Waals surface area contributed by atoms with Crippen molar-refractivity contribution in [2.75, 3.05) is 11.9 Å². The molecule has 4 aromatic rings. The number of rotatable bonds is 9. The molecule has 0 fully saturated rings. The lowest BCUT2D eigenvalue weighted by atomic mass is 10.1. The number of aromatic nitrogens is 4. The van der Waals surface area contributed by atoms with E-state index in [-0.39, 0.29) is 23.8 Å². The molecule has 3 aromatic heterocycles. The molecule has 0 saturated heterocycles. The van der Waals surface area contributed by atoms with E-state index in [1.807, 2.05) is 55.6 Å². The Morgan fingerprint density at radius 2 is 2.00 bits per heavy atom. The monoisotopic (exact) mass is 463 g/mol. The molecule has 1 aromatic carbocycles. The van der Waals surface area contributed by atoms with Gasteiger partial charge in [-0.1, -0.05) is 31.5 Å². The zero-order chi connectivity index (χ0) is 23.2. The van der Waals surface area contributed by atoms with E-state index < -0.39 is 0 Å². The largest absolute Gasteiger partial charge is 0.494 e. The summed E-state index contributed by atoms with van der Waals surface area (Å²) >= 11 is 1.54. The van der Waals surface area contributed by atoms with Gasteiger partial charge in [-0.2, -0.15) is 9.78 Å². The van der Waals surface area contributed by atoms with Gasteiger partial charge < -0.3 is 10.1 Å². The summed E-state index contributed by atoms with van der Waals surface area (Å²) in [4.78, 5) is 33.3. The molecule has 9 heteroatoms. The summed E-state index contributed by atoms with van der Waals surface area (Å²) in [6, 6.07) is 14.6. The van der Waals surface area contributed by atoms with Crippen LogP contribution in [0.4, 0.5) is 5.82 Å². The van der Waals surface area contributed by atoms with Crippen molar-refractivity contribution in [2.24, 2.45) is 0 Å². The van der Waals surface area contributed by atoms with Gasteiger partial charge in [0.25, 0.3) is 5.56 Å². The number of anilines is 1. The SMILES string of the molecule is CCCc1cc(=O)[nH]c(-n2nc(-c3cccs3)cc2NC(=O)Cc2ccc(OCC)cc2)n1. The number of nitrogens with zero attached hydrogens (tertiary/aromatic N) is 3. The highest BCUT2D eigenvalue weighted by atomic mass is 32.1. The fourth-order valence-electron chi connectivity index (χ4n) is 3.40. The molecule has 0 radical (unpaired) electrons. The van der Waals surface area contributed by atoms with Crippen LogP contribution in [0.25, 0.3) is 16.5 Å². The van der Waals surface area contributed by atoms with E-state index in [4.69, 9.17) is 4.74 Å². The minimum absolute atomic E-state index is 0.186. The Morgan fingerprint density at radius 1 is 1.18 bits per heavy atom. The first kappa shape index (κ1) is 22.5. The van der Waals surface area contributed by atoms with Crippen LogP contribution in [0, 0.1) is 0 Å². The first-order chi connectivity index (χ1) is 16.1. The summed E-state index contributed by atoms with van der Waals surface area (Å²) in [7, 11) is 0. The van der Waals surface area contributed by atoms with Crippen molar-refractivity contribution in [3.63, 3.8) is 0 Å². The number of H-pyrrole nitrogens is 1. The second-order valence-corrected chi connectivity index (χ2v) is 8.36. The number of hydrogen-bond acceptors (Lipinski definition) is 6. The Bertz CT molecular complexity index is 1280. The van der Waals surface area contributed by atoms with Crippen LogP contribution in [0.1, 0.15) is 31.5 Å².